The Labute approximate surface area is 71.5 Å². The van der Waals surface area contributed by atoms with Gasteiger partial charge in [-0.1, -0.05) is 6.58 Å². The number of piperidine rings is 1. The van der Waals surface area contributed by atoms with Gasteiger partial charge in [0.25, 0.3) is 0 Å². The van der Waals surface area contributed by atoms with Crippen LogP contribution in [-0.4, -0.2) is 23.3 Å². The van der Waals surface area contributed by atoms with Crippen LogP contribution in [0.15, 0.2) is 12.4 Å². The van der Waals surface area contributed by atoms with Gasteiger partial charge in [-0.25, -0.2) is 4.39 Å². The van der Waals surface area contributed by atoms with Crippen molar-refractivity contribution in [2.45, 2.75) is 30.9 Å². The summed E-state index contributed by atoms with van der Waals surface area (Å²) in [5, 5.41) is 12.5. The predicted octanol–water partition coefficient (Wildman–Crippen LogP) is 0.973. The Bertz CT molecular complexity index is 213. The van der Waals surface area contributed by atoms with Crippen molar-refractivity contribution in [2.75, 3.05) is 6.54 Å². The van der Waals surface area contributed by atoms with Crippen LogP contribution in [0, 0.1) is 5.92 Å². The number of β-amino-alcohol motifs (C(OH)–C–C–N with tert-alkyl or cyclic N) is 1. The summed E-state index contributed by atoms with van der Waals surface area (Å²) in [6, 6.07) is 0. The molecule has 0 amide bonds. The van der Waals surface area contributed by atoms with E-state index in [1.807, 2.05) is 0 Å². The van der Waals surface area contributed by atoms with Gasteiger partial charge >= 0.3 is 0 Å². The third-order valence-corrected chi connectivity index (χ3v) is 3.03. The number of aliphatic hydroxyl groups is 1. The molecule has 1 aliphatic carbocycles. The minimum atomic E-state index is -0.409. The zero-order chi connectivity index (χ0) is 8.77. The number of rotatable bonds is 1. The molecule has 1 heterocycles. The Morgan fingerprint density at radius 3 is 2.75 bits per heavy atom. The van der Waals surface area contributed by atoms with Crippen LogP contribution in [-0.2, 0) is 0 Å². The van der Waals surface area contributed by atoms with Crippen molar-refractivity contribution in [1.82, 2.24) is 5.32 Å². The first-order chi connectivity index (χ1) is 5.64. The average Bonchev–Trinajstić information content (AvgIpc) is 2.76. The zero-order valence-electron chi connectivity index (χ0n) is 7.02. The first-order valence-corrected chi connectivity index (χ1v) is 4.41. The van der Waals surface area contributed by atoms with E-state index in [1.165, 1.54) is 0 Å². The molecular weight excluding hydrogens is 157 g/mol. The molecule has 0 radical (unpaired) electrons. The van der Waals surface area contributed by atoms with E-state index in [1.54, 1.807) is 0 Å². The smallest absolute Gasteiger partial charge is 0.0978 e. The Balaban J connectivity index is 2.11. The van der Waals surface area contributed by atoms with Crippen molar-refractivity contribution >= 4 is 0 Å². The summed E-state index contributed by atoms with van der Waals surface area (Å²) in [7, 11) is 0. The van der Waals surface area contributed by atoms with Crippen molar-refractivity contribution in [3.63, 3.8) is 0 Å². The fourth-order valence-corrected chi connectivity index (χ4v) is 2.11. The summed E-state index contributed by atoms with van der Waals surface area (Å²) in [6.45, 7) is 3.93. The van der Waals surface area contributed by atoms with Crippen molar-refractivity contribution in [1.29, 1.82) is 0 Å². The van der Waals surface area contributed by atoms with Gasteiger partial charge in [-0.05, 0) is 19.3 Å². The molecule has 2 nitrogen and oxygen atoms in total. The number of nitrogens with one attached hydrogen (secondary N) is 1. The molecule has 2 N–H and O–H groups in total. The first-order valence-electron chi connectivity index (χ1n) is 4.41. The van der Waals surface area contributed by atoms with Gasteiger partial charge in [0.05, 0.1) is 11.9 Å². The topological polar surface area (TPSA) is 32.3 Å². The standard InChI is InChI=1S/C9H14FNO/c1-6(10)8-4-7(12)5-11-9(8)2-3-9/h7-8,11-12H,1-5H2. The second-order valence-corrected chi connectivity index (χ2v) is 3.93. The van der Waals surface area contributed by atoms with Crippen molar-refractivity contribution in [3.8, 4) is 0 Å². The molecule has 0 aromatic heterocycles. The number of halogens is 1. The third-order valence-electron chi connectivity index (χ3n) is 3.03. The summed E-state index contributed by atoms with van der Waals surface area (Å²) in [5.74, 6) is -0.444. The molecule has 1 spiro atoms. The van der Waals surface area contributed by atoms with Crippen LogP contribution in [0.4, 0.5) is 4.39 Å². The molecule has 68 valence electrons. The maximum absolute atomic E-state index is 13.0. The van der Waals surface area contributed by atoms with Crippen LogP contribution in [0.3, 0.4) is 0 Å². The first kappa shape index (κ1) is 8.20. The summed E-state index contributed by atoms with van der Waals surface area (Å²) < 4.78 is 13.0. The Morgan fingerprint density at radius 1 is 1.58 bits per heavy atom. The van der Waals surface area contributed by atoms with Crippen molar-refractivity contribution in [2.24, 2.45) is 5.92 Å². The Morgan fingerprint density at radius 2 is 2.25 bits per heavy atom. The fraction of sp³-hybridized carbons (Fsp3) is 0.778. The lowest BCUT2D eigenvalue weighted by Crippen LogP contribution is -2.49. The van der Waals surface area contributed by atoms with Crippen molar-refractivity contribution in [3.05, 3.63) is 12.4 Å². The van der Waals surface area contributed by atoms with Gasteiger partial charge < -0.3 is 10.4 Å². The summed E-state index contributed by atoms with van der Waals surface area (Å²) in [6.07, 6.45) is 2.16. The average molecular weight is 171 g/mol. The highest BCUT2D eigenvalue weighted by molar-refractivity contribution is 5.17. The van der Waals surface area contributed by atoms with Gasteiger partial charge in [-0.3, -0.25) is 0 Å². The molecule has 3 heteroatoms. The van der Waals surface area contributed by atoms with Crippen LogP contribution in [0.2, 0.25) is 0 Å². The number of aliphatic hydroxyl groups excluding tert-OH is 1. The molecule has 1 saturated carbocycles. The second kappa shape index (κ2) is 2.54. The Kier molecular flexibility index (Phi) is 1.73. The van der Waals surface area contributed by atoms with Crippen LogP contribution in [0.25, 0.3) is 0 Å². The van der Waals surface area contributed by atoms with E-state index in [4.69, 9.17) is 0 Å². The van der Waals surface area contributed by atoms with Crippen molar-refractivity contribution < 1.29 is 9.50 Å². The van der Waals surface area contributed by atoms with Gasteiger partial charge in [-0.15, -0.1) is 0 Å². The molecule has 1 saturated heterocycles. The monoisotopic (exact) mass is 171 g/mol. The van der Waals surface area contributed by atoms with E-state index >= 15 is 0 Å². The van der Waals surface area contributed by atoms with Gasteiger partial charge in [0, 0.05) is 18.0 Å². The SMILES string of the molecule is C=C(F)C1CC(O)CNC12CC2. The molecule has 2 atom stereocenters. The highest BCUT2D eigenvalue weighted by atomic mass is 19.1. The maximum Gasteiger partial charge on any atom is 0.0978 e. The zero-order valence-corrected chi connectivity index (χ0v) is 7.02. The molecule has 12 heavy (non-hydrogen) atoms. The second-order valence-electron chi connectivity index (χ2n) is 3.93. The molecule has 2 aliphatic rings. The summed E-state index contributed by atoms with van der Waals surface area (Å²) in [5.41, 5.74) is -0.0366. The molecule has 2 rings (SSSR count). The quantitative estimate of drug-likeness (QED) is 0.616. The van der Waals surface area contributed by atoms with E-state index in [0.29, 0.717) is 13.0 Å². The van der Waals surface area contributed by atoms with E-state index in [-0.39, 0.29) is 17.3 Å². The molecule has 0 bridgehead atoms. The maximum atomic E-state index is 13.0. The third kappa shape index (κ3) is 1.17. The lowest BCUT2D eigenvalue weighted by Gasteiger charge is -2.34. The van der Waals surface area contributed by atoms with E-state index in [9.17, 15) is 9.50 Å². The van der Waals surface area contributed by atoms with Gasteiger partial charge in [0.1, 0.15) is 0 Å². The van der Waals surface area contributed by atoms with Crippen LogP contribution in [0.5, 0.6) is 0 Å². The lowest BCUT2D eigenvalue weighted by atomic mass is 9.86. The van der Waals surface area contributed by atoms with E-state index in [0.717, 1.165) is 12.8 Å². The minimum absolute atomic E-state index is 0.0366. The lowest BCUT2D eigenvalue weighted by molar-refractivity contribution is 0.0872. The summed E-state index contributed by atoms with van der Waals surface area (Å²) in [4.78, 5) is 0. The number of hydrogen-bond donors (Lipinski definition) is 2. The molecule has 1 aliphatic heterocycles. The van der Waals surface area contributed by atoms with Crippen LogP contribution < -0.4 is 5.32 Å². The predicted molar refractivity (Wildman–Crippen MR) is 44.3 cm³/mol. The highest BCUT2D eigenvalue weighted by Gasteiger charge is 2.53. The van der Waals surface area contributed by atoms with E-state index in [2.05, 4.69) is 11.9 Å². The largest absolute Gasteiger partial charge is 0.392 e. The normalized spacial score (nSPS) is 38.2. The minimum Gasteiger partial charge on any atom is -0.392 e. The Hall–Kier alpha value is -0.410. The number of hydrogen-bond acceptors (Lipinski definition) is 2. The fourth-order valence-electron chi connectivity index (χ4n) is 2.11. The molecular formula is C9H14FNO. The highest BCUT2D eigenvalue weighted by Crippen LogP contribution is 2.49. The molecule has 0 aromatic rings. The molecule has 2 fully saturated rings. The van der Waals surface area contributed by atoms with Crippen LogP contribution >= 0.6 is 0 Å². The van der Waals surface area contributed by atoms with Gasteiger partial charge in [0.15, 0.2) is 0 Å². The van der Waals surface area contributed by atoms with Gasteiger partial charge in [-0.2, -0.15) is 0 Å². The summed E-state index contributed by atoms with van der Waals surface area (Å²) >= 11 is 0. The van der Waals surface area contributed by atoms with Crippen LogP contribution in [0.1, 0.15) is 19.3 Å². The van der Waals surface area contributed by atoms with Gasteiger partial charge in [0.2, 0.25) is 0 Å². The van der Waals surface area contributed by atoms with E-state index < -0.39 is 6.10 Å². The molecule has 2 unspecified atom stereocenters. The molecule has 0 aromatic carbocycles.